The van der Waals surface area contributed by atoms with Gasteiger partial charge in [-0.25, -0.2) is 0 Å². The number of anilines is 6. The fraction of sp³-hybridized carbons (Fsp3) is 0.254. The topological polar surface area (TPSA) is 6.48 Å². The lowest BCUT2D eigenvalue weighted by Crippen LogP contribution is -2.60. The fourth-order valence-corrected chi connectivity index (χ4v) is 14.1. The van der Waals surface area contributed by atoms with Crippen LogP contribution in [-0.2, 0) is 27.1 Å². The third-order valence-corrected chi connectivity index (χ3v) is 17.7. The lowest BCUT2D eigenvalue weighted by molar-refractivity contribution is 0.589. The zero-order chi connectivity index (χ0) is 49.3. The summed E-state index contributed by atoms with van der Waals surface area (Å²) in [6.45, 7) is 28.1. The lowest BCUT2D eigenvalue weighted by Gasteiger charge is -2.44. The quantitative estimate of drug-likeness (QED) is 0.159. The van der Waals surface area contributed by atoms with E-state index in [1.165, 1.54) is 127 Å². The Bertz CT molecular complexity index is 3650. The van der Waals surface area contributed by atoms with Gasteiger partial charge in [-0.05, 0) is 154 Å². The summed E-state index contributed by atoms with van der Waals surface area (Å²) < 4.78 is 2.74. The van der Waals surface area contributed by atoms with Crippen LogP contribution in [0.25, 0.3) is 32.3 Å². The van der Waals surface area contributed by atoms with Gasteiger partial charge in [0.2, 0.25) is 0 Å². The Morgan fingerprint density at radius 3 is 1.35 bits per heavy atom. The van der Waals surface area contributed by atoms with Crippen LogP contribution in [0, 0.1) is 0 Å². The molecule has 8 aromatic carbocycles. The van der Waals surface area contributed by atoms with Crippen molar-refractivity contribution in [1.82, 2.24) is 0 Å². The average Bonchev–Trinajstić information content (AvgIpc) is 3.95. The highest BCUT2D eigenvalue weighted by molar-refractivity contribution is 7.33. The van der Waals surface area contributed by atoms with Crippen LogP contribution in [0.15, 0.2) is 164 Å². The molecule has 4 heteroatoms. The Morgan fingerprint density at radius 1 is 0.394 bits per heavy atom. The van der Waals surface area contributed by atoms with Crippen molar-refractivity contribution in [3.63, 3.8) is 0 Å². The molecule has 0 unspecified atom stereocenters. The molecule has 0 bridgehead atoms. The van der Waals surface area contributed by atoms with Gasteiger partial charge in [-0.3, -0.25) is 0 Å². The van der Waals surface area contributed by atoms with E-state index in [2.05, 4.69) is 257 Å². The van der Waals surface area contributed by atoms with E-state index >= 15 is 0 Å². The zero-order valence-electron chi connectivity index (χ0n) is 43.5. The van der Waals surface area contributed by atoms with Gasteiger partial charge in [-0.15, -0.1) is 11.3 Å². The largest absolute Gasteiger partial charge is 0.311 e. The highest BCUT2D eigenvalue weighted by Gasteiger charge is 2.53. The van der Waals surface area contributed by atoms with Crippen molar-refractivity contribution in [3.8, 4) is 22.3 Å². The third kappa shape index (κ3) is 6.26. The molecule has 2 aliphatic carbocycles. The lowest BCUT2D eigenvalue weighted by atomic mass is 9.36. The second-order valence-electron chi connectivity index (χ2n) is 25.0. The van der Waals surface area contributed by atoms with Gasteiger partial charge >= 0.3 is 0 Å². The molecule has 350 valence electrons. The minimum Gasteiger partial charge on any atom is -0.311 e. The number of hydrogen-bond acceptors (Lipinski definition) is 3. The third-order valence-electron chi connectivity index (χ3n) is 16.5. The molecule has 0 N–H and O–H groups in total. The summed E-state index contributed by atoms with van der Waals surface area (Å²) in [5.74, 6) is 0. The summed E-state index contributed by atoms with van der Waals surface area (Å²) in [5, 5.41) is 1.32. The molecule has 0 fully saturated rings. The number of thiophene rings is 1. The second kappa shape index (κ2) is 14.7. The molecule has 1 aromatic heterocycles. The van der Waals surface area contributed by atoms with Crippen molar-refractivity contribution >= 4 is 78.0 Å². The van der Waals surface area contributed by atoms with E-state index in [1.54, 1.807) is 0 Å². The minimum absolute atomic E-state index is 0.0120. The van der Waals surface area contributed by atoms with Gasteiger partial charge in [0.25, 0.3) is 6.71 Å². The van der Waals surface area contributed by atoms with Crippen molar-refractivity contribution in [1.29, 1.82) is 0 Å². The Kier molecular flexibility index (Phi) is 9.20. The fourth-order valence-electron chi connectivity index (χ4n) is 12.7. The van der Waals surface area contributed by atoms with Crippen LogP contribution in [0.1, 0.15) is 128 Å². The molecule has 0 saturated heterocycles. The van der Waals surface area contributed by atoms with Gasteiger partial charge in [0.05, 0.1) is 11.1 Å². The molecule has 2 aliphatic heterocycles. The molecule has 13 rings (SSSR count). The number of benzene rings is 8. The van der Waals surface area contributed by atoms with Crippen LogP contribution >= 0.6 is 11.3 Å². The van der Waals surface area contributed by atoms with Crippen LogP contribution in [0.5, 0.6) is 0 Å². The van der Waals surface area contributed by atoms with Gasteiger partial charge < -0.3 is 9.80 Å². The summed E-state index contributed by atoms with van der Waals surface area (Å²) in [7, 11) is 0. The van der Waals surface area contributed by atoms with Crippen molar-refractivity contribution in [2.45, 2.75) is 110 Å². The maximum Gasteiger partial charge on any atom is 0.264 e. The van der Waals surface area contributed by atoms with Crippen LogP contribution in [0.2, 0.25) is 0 Å². The molecule has 2 nitrogen and oxygen atoms in total. The van der Waals surface area contributed by atoms with Crippen molar-refractivity contribution in [2.24, 2.45) is 0 Å². The number of hydrogen-bond donors (Lipinski definition) is 0. The van der Waals surface area contributed by atoms with E-state index in [0.29, 0.717) is 0 Å². The number of rotatable bonds is 2. The molecule has 0 radical (unpaired) electrons. The van der Waals surface area contributed by atoms with E-state index in [-0.39, 0.29) is 28.4 Å². The van der Waals surface area contributed by atoms with Gasteiger partial charge in [-0.2, -0.15) is 0 Å². The first kappa shape index (κ1) is 44.3. The zero-order valence-corrected chi connectivity index (χ0v) is 44.3. The highest BCUT2D eigenvalue weighted by atomic mass is 32.1. The van der Waals surface area contributed by atoms with Crippen LogP contribution in [-0.4, -0.2) is 6.71 Å². The van der Waals surface area contributed by atoms with E-state index in [9.17, 15) is 0 Å². The first-order valence-electron chi connectivity index (χ1n) is 25.8. The summed E-state index contributed by atoms with van der Waals surface area (Å²) in [5.41, 5.74) is 26.0. The first-order chi connectivity index (χ1) is 33.7. The Labute approximate surface area is 426 Å². The minimum atomic E-state index is -0.417. The first-order valence-corrected chi connectivity index (χ1v) is 26.6. The maximum absolute atomic E-state index is 2.67. The number of fused-ring (bicyclic) bond motifs is 16. The van der Waals surface area contributed by atoms with Crippen LogP contribution < -0.4 is 25.5 Å². The monoisotopic (exact) mass is 938 g/mol. The highest BCUT2D eigenvalue weighted by Crippen LogP contribution is 2.64. The van der Waals surface area contributed by atoms with Gasteiger partial charge in [0, 0.05) is 43.3 Å². The predicted octanol–water partition coefficient (Wildman–Crippen LogP) is 16.5. The van der Waals surface area contributed by atoms with E-state index in [1.807, 2.05) is 11.3 Å². The maximum atomic E-state index is 2.67. The van der Waals surface area contributed by atoms with Crippen LogP contribution in [0.4, 0.5) is 34.1 Å². The Hall–Kier alpha value is -6.62. The Balaban J connectivity index is 1.16. The van der Waals surface area contributed by atoms with E-state index < -0.39 is 5.41 Å². The van der Waals surface area contributed by atoms with Gasteiger partial charge in [0.1, 0.15) is 0 Å². The summed E-state index contributed by atoms with van der Waals surface area (Å²) in [6.07, 6.45) is 0. The molecular weight excluding hydrogens is 876 g/mol. The van der Waals surface area contributed by atoms with Gasteiger partial charge in [0.15, 0.2) is 0 Å². The van der Waals surface area contributed by atoms with Gasteiger partial charge in [-0.1, -0.05) is 192 Å². The van der Waals surface area contributed by atoms with Crippen molar-refractivity contribution in [3.05, 3.63) is 208 Å². The molecule has 1 spiro atoms. The molecule has 9 aromatic rings. The van der Waals surface area contributed by atoms with Crippen LogP contribution in [0.3, 0.4) is 0 Å². The molecule has 3 heterocycles. The standard InChI is InChI=1S/C67H63BN2S/c1-63(2,3)40-25-30-44(31-26-40)69-56-34-29-42(65(7,8)9)35-55(56)68-60-57(69)36-43(66(10,11)12)37-58(60)70(45-32-27-41(28-33-45)64(4,5)6)61-50-38-49-48-21-15-18-24-53(48)67(54(49)39-59(50)71-62(61)68)51-22-16-13-19-46(51)47-20-14-17-23-52(47)67/h13-39H,1-12H3. The molecule has 71 heavy (non-hydrogen) atoms. The van der Waals surface area contributed by atoms with E-state index in [4.69, 9.17) is 0 Å². The molecular formula is C67H63BN2S. The average molecular weight is 939 g/mol. The summed E-state index contributed by atoms with van der Waals surface area (Å²) in [4.78, 5) is 5.27. The van der Waals surface area contributed by atoms with Crippen molar-refractivity contribution in [2.75, 3.05) is 9.80 Å². The molecule has 4 aliphatic rings. The second-order valence-corrected chi connectivity index (χ2v) is 26.1. The molecule has 0 saturated carbocycles. The summed E-state index contributed by atoms with van der Waals surface area (Å²) in [6, 6.07) is 64.3. The predicted molar refractivity (Wildman–Crippen MR) is 307 cm³/mol. The normalized spacial score (nSPS) is 15.1. The number of nitrogens with zero attached hydrogens (tertiary/aromatic N) is 2. The van der Waals surface area contributed by atoms with E-state index in [0.717, 1.165) is 0 Å². The molecule has 0 amide bonds. The molecule has 0 atom stereocenters. The summed E-state index contributed by atoms with van der Waals surface area (Å²) >= 11 is 2.02. The smallest absolute Gasteiger partial charge is 0.264 e. The van der Waals surface area contributed by atoms with Crippen molar-refractivity contribution < 1.29 is 0 Å². The Morgan fingerprint density at radius 2 is 0.845 bits per heavy atom. The SMILES string of the molecule is CC(C)(C)c1ccc(N2c3ccc(C(C)(C)C)cc3B3c4sc5cc6c(cc5c4N(c4ccc(C(C)(C)C)cc4)c4cc(C(C)(C)C)cc2c43)-c2ccccc2C62c3ccccc3-c3ccccc32)cc1.